The maximum Gasteiger partial charge on any atom is 0.124 e. The predicted octanol–water partition coefficient (Wildman–Crippen LogP) is 4.07. The van der Waals surface area contributed by atoms with Gasteiger partial charge in [0.2, 0.25) is 0 Å². The fourth-order valence-corrected chi connectivity index (χ4v) is 2.02. The first-order valence-electron chi connectivity index (χ1n) is 5.36. The van der Waals surface area contributed by atoms with Crippen LogP contribution in [0.4, 0.5) is 10.1 Å². The second-order valence-electron chi connectivity index (χ2n) is 3.82. The third kappa shape index (κ3) is 3.31. The molecule has 0 unspecified atom stereocenters. The number of nitriles is 1. The Morgan fingerprint density at radius 2 is 2.06 bits per heavy atom. The highest BCUT2D eigenvalue weighted by atomic mass is 79.9. The van der Waals surface area contributed by atoms with Gasteiger partial charge in [-0.05, 0) is 42.0 Å². The van der Waals surface area contributed by atoms with Gasteiger partial charge in [-0.25, -0.2) is 4.39 Å². The minimum atomic E-state index is -0.389. The van der Waals surface area contributed by atoms with Crippen LogP contribution in [0.15, 0.2) is 46.9 Å². The molecule has 0 fully saturated rings. The number of halogens is 2. The van der Waals surface area contributed by atoms with Crippen LogP contribution in [0.3, 0.4) is 0 Å². The molecular weight excluding hydrogens is 295 g/mol. The van der Waals surface area contributed by atoms with Gasteiger partial charge in [0, 0.05) is 16.7 Å². The van der Waals surface area contributed by atoms with Gasteiger partial charge in [-0.1, -0.05) is 22.0 Å². The Balaban J connectivity index is 2.11. The summed E-state index contributed by atoms with van der Waals surface area (Å²) >= 11 is 3.38. The summed E-state index contributed by atoms with van der Waals surface area (Å²) in [5.74, 6) is -0.389. The van der Waals surface area contributed by atoms with Crippen molar-refractivity contribution in [3.63, 3.8) is 0 Å². The van der Waals surface area contributed by atoms with Crippen LogP contribution in [-0.2, 0) is 6.54 Å². The van der Waals surface area contributed by atoms with Crippen LogP contribution in [-0.4, -0.2) is 0 Å². The molecule has 0 amide bonds. The molecule has 0 aliphatic heterocycles. The van der Waals surface area contributed by atoms with Crippen LogP contribution >= 0.6 is 15.9 Å². The van der Waals surface area contributed by atoms with Crippen molar-refractivity contribution in [2.24, 2.45) is 0 Å². The smallest absolute Gasteiger partial charge is 0.124 e. The predicted molar refractivity (Wildman–Crippen MR) is 72.6 cm³/mol. The lowest BCUT2D eigenvalue weighted by atomic mass is 10.1. The Labute approximate surface area is 113 Å². The minimum absolute atomic E-state index is 0.334. The summed E-state index contributed by atoms with van der Waals surface area (Å²) in [7, 11) is 0. The van der Waals surface area contributed by atoms with Gasteiger partial charge < -0.3 is 5.32 Å². The van der Waals surface area contributed by atoms with E-state index in [0.717, 1.165) is 15.7 Å². The van der Waals surface area contributed by atoms with E-state index in [0.29, 0.717) is 12.1 Å². The first-order chi connectivity index (χ1) is 8.67. The van der Waals surface area contributed by atoms with E-state index in [-0.39, 0.29) is 5.82 Å². The Bertz CT molecular complexity index is 605. The second-order valence-corrected chi connectivity index (χ2v) is 4.74. The van der Waals surface area contributed by atoms with Crippen molar-refractivity contribution < 1.29 is 4.39 Å². The first-order valence-corrected chi connectivity index (χ1v) is 6.16. The fraction of sp³-hybridized carbons (Fsp3) is 0.0714. The Kier molecular flexibility index (Phi) is 3.96. The Morgan fingerprint density at radius 1 is 1.22 bits per heavy atom. The Morgan fingerprint density at radius 3 is 2.78 bits per heavy atom. The van der Waals surface area contributed by atoms with Crippen LogP contribution in [0.5, 0.6) is 0 Å². The topological polar surface area (TPSA) is 35.8 Å². The molecule has 2 aromatic rings. The Hall–Kier alpha value is -1.86. The highest BCUT2D eigenvalue weighted by molar-refractivity contribution is 9.10. The number of nitrogens with zero attached hydrogens (tertiary/aromatic N) is 1. The quantitative estimate of drug-likeness (QED) is 0.927. The highest BCUT2D eigenvalue weighted by Crippen LogP contribution is 2.17. The summed E-state index contributed by atoms with van der Waals surface area (Å²) in [6.07, 6.45) is 0. The molecule has 2 nitrogen and oxygen atoms in total. The molecule has 0 spiro atoms. The van der Waals surface area contributed by atoms with E-state index in [9.17, 15) is 4.39 Å². The van der Waals surface area contributed by atoms with Gasteiger partial charge >= 0.3 is 0 Å². The normalized spacial score (nSPS) is 9.83. The minimum Gasteiger partial charge on any atom is -0.381 e. The number of nitrogens with one attached hydrogen (secondary N) is 1. The summed E-state index contributed by atoms with van der Waals surface area (Å²) in [5.41, 5.74) is 2.01. The van der Waals surface area contributed by atoms with Gasteiger partial charge in [0.25, 0.3) is 0 Å². The molecule has 0 saturated heterocycles. The van der Waals surface area contributed by atoms with E-state index in [1.165, 1.54) is 12.1 Å². The standard InChI is InChI=1S/C14H10BrFN2/c15-12-2-1-3-14(7-12)18-9-11-4-10(8-17)5-13(16)6-11/h1-7,18H,9H2. The van der Waals surface area contributed by atoms with Crippen molar-refractivity contribution in [2.45, 2.75) is 6.54 Å². The molecule has 0 atom stereocenters. The third-order valence-electron chi connectivity index (χ3n) is 2.41. The van der Waals surface area contributed by atoms with E-state index in [4.69, 9.17) is 5.26 Å². The molecule has 0 bridgehead atoms. The van der Waals surface area contributed by atoms with Gasteiger partial charge in [0.1, 0.15) is 5.82 Å². The molecule has 4 heteroatoms. The van der Waals surface area contributed by atoms with Crippen molar-refractivity contribution >= 4 is 21.6 Å². The van der Waals surface area contributed by atoms with Gasteiger partial charge in [-0.15, -0.1) is 0 Å². The fourth-order valence-electron chi connectivity index (χ4n) is 1.62. The van der Waals surface area contributed by atoms with Gasteiger partial charge in [-0.2, -0.15) is 5.26 Å². The number of benzene rings is 2. The molecule has 2 rings (SSSR count). The molecule has 0 aliphatic rings. The monoisotopic (exact) mass is 304 g/mol. The molecule has 0 saturated carbocycles. The molecule has 0 aliphatic carbocycles. The largest absolute Gasteiger partial charge is 0.381 e. The lowest BCUT2D eigenvalue weighted by molar-refractivity contribution is 0.625. The van der Waals surface area contributed by atoms with Crippen LogP contribution in [0, 0.1) is 17.1 Å². The molecule has 2 aromatic carbocycles. The zero-order chi connectivity index (χ0) is 13.0. The number of hydrogen-bond acceptors (Lipinski definition) is 2. The maximum absolute atomic E-state index is 13.2. The maximum atomic E-state index is 13.2. The number of anilines is 1. The number of rotatable bonds is 3. The highest BCUT2D eigenvalue weighted by Gasteiger charge is 2.01. The van der Waals surface area contributed by atoms with Crippen molar-refractivity contribution in [2.75, 3.05) is 5.32 Å². The second kappa shape index (κ2) is 5.65. The van der Waals surface area contributed by atoms with E-state index >= 15 is 0 Å². The van der Waals surface area contributed by atoms with Crippen LogP contribution < -0.4 is 5.32 Å². The average molecular weight is 305 g/mol. The average Bonchev–Trinajstić information content (AvgIpc) is 2.36. The summed E-state index contributed by atoms with van der Waals surface area (Å²) in [6, 6.07) is 14.0. The zero-order valence-corrected chi connectivity index (χ0v) is 11.0. The summed E-state index contributed by atoms with van der Waals surface area (Å²) in [4.78, 5) is 0. The summed E-state index contributed by atoms with van der Waals surface area (Å²) in [6.45, 7) is 0.475. The molecule has 0 radical (unpaired) electrons. The van der Waals surface area contributed by atoms with E-state index in [1.807, 2.05) is 30.3 Å². The molecule has 0 heterocycles. The van der Waals surface area contributed by atoms with Gasteiger partial charge in [-0.3, -0.25) is 0 Å². The zero-order valence-electron chi connectivity index (χ0n) is 9.45. The summed E-state index contributed by atoms with van der Waals surface area (Å²) in [5, 5.41) is 11.9. The third-order valence-corrected chi connectivity index (χ3v) is 2.90. The van der Waals surface area contributed by atoms with Gasteiger partial charge in [0.15, 0.2) is 0 Å². The van der Waals surface area contributed by atoms with Crippen molar-refractivity contribution in [1.82, 2.24) is 0 Å². The first kappa shape index (κ1) is 12.6. The SMILES string of the molecule is N#Cc1cc(F)cc(CNc2cccc(Br)c2)c1. The van der Waals surface area contributed by atoms with Crippen molar-refractivity contribution in [3.8, 4) is 6.07 Å². The van der Waals surface area contributed by atoms with Crippen LogP contribution in [0.25, 0.3) is 0 Å². The van der Waals surface area contributed by atoms with Crippen molar-refractivity contribution in [1.29, 1.82) is 5.26 Å². The molecule has 0 aromatic heterocycles. The molecule has 1 N–H and O–H groups in total. The van der Waals surface area contributed by atoms with Gasteiger partial charge in [0.05, 0.1) is 11.6 Å². The molecular formula is C14H10BrFN2. The van der Waals surface area contributed by atoms with E-state index in [1.54, 1.807) is 6.07 Å². The molecule has 90 valence electrons. The number of hydrogen-bond donors (Lipinski definition) is 1. The molecule has 18 heavy (non-hydrogen) atoms. The van der Waals surface area contributed by atoms with Crippen LogP contribution in [0.1, 0.15) is 11.1 Å². The van der Waals surface area contributed by atoms with E-state index < -0.39 is 0 Å². The van der Waals surface area contributed by atoms with Crippen molar-refractivity contribution in [3.05, 3.63) is 63.9 Å². The van der Waals surface area contributed by atoms with E-state index in [2.05, 4.69) is 21.2 Å². The van der Waals surface area contributed by atoms with Crippen LogP contribution in [0.2, 0.25) is 0 Å². The lowest BCUT2D eigenvalue weighted by Crippen LogP contribution is -2.00. The summed E-state index contributed by atoms with van der Waals surface area (Å²) < 4.78 is 14.2. The lowest BCUT2D eigenvalue weighted by Gasteiger charge is -2.07.